The third kappa shape index (κ3) is 4.10. The third-order valence-corrected chi connectivity index (χ3v) is 2.83. The van der Waals surface area contributed by atoms with Crippen LogP contribution < -0.4 is 10.6 Å². The van der Waals surface area contributed by atoms with Crippen molar-refractivity contribution < 1.29 is 4.39 Å². The second-order valence-corrected chi connectivity index (χ2v) is 4.43. The molecule has 0 saturated carbocycles. The fourth-order valence-electron chi connectivity index (χ4n) is 1.71. The molecular weight excluding hydrogens is 233 g/mol. The third-order valence-electron chi connectivity index (χ3n) is 2.83. The van der Waals surface area contributed by atoms with Crippen molar-refractivity contribution in [2.45, 2.75) is 25.8 Å². The van der Waals surface area contributed by atoms with Crippen LogP contribution in [0, 0.1) is 5.82 Å². The SMILES string of the molecule is CCC[C@H](CNc1ncc(F)c(NC)n1)N(C)C. The monoisotopic (exact) mass is 255 g/mol. The fourth-order valence-corrected chi connectivity index (χ4v) is 1.71. The van der Waals surface area contributed by atoms with E-state index in [-0.39, 0.29) is 5.82 Å². The Balaban J connectivity index is 2.61. The Bertz CT molecular complexity index is 369. The summed E-state index contributed by atoms with van der Waals surface area (Å²) in [4.78, 5) is 10.1. The van der Waals surface area contributed by atoms with Gasteiger partial charge in [-0.05, 0) is 20.5 Å². The Labute approximate surface area is 108 Å². The predicted octanol–water partition coefficient (Wildman–Crippen LogP) is 1.80. The van der Waals surface area contributed by atoms with Gasteiger partial charge in [0, 0.05) is 19.6 Å². The van der Waals surface area contributed by atoms with E-state index >= 15 is 0 Å². The van der Waals surface area contributed by atoms with Crippen molar-refractivity contribution in [3.05, 3.63) is 12.0 Å². The minimum atomic E-state index is -0.444. The summed E-state index contributed by atoms with van der Waals surface area (Å²) in [6, 6.07) is 0.418. The van der Waals surface area contributed by atoms with Crippen LogP contribution in [0.4, 0.5) is 16.2 Å². The van der Waals surface area contributed by atoms with Crippen LogP contribution in [0.3, 0.4) is 0 Å². The smallest absolute Gasteiger partial charge is 0.224 e. The highest BCUT2D eigenvalue weighted by Gasteiger charge is 2.11. The summed E-state index contributed by atoms with van der Waals surface area (Å²) in [5, 5.41) is 5.84. The highest BCUT2D eigenvalue weighted by molar-refractivity contribution is 5.40. The summed E-state index contributed by atoms with van der Waals surface area (Å²) in [5.41, 5.74) is 0. The molecule has 0 saturated heterocycles. The lowest BCUT2D eigenvalue weighted by Gasteiger charge is -2.24. The molecule has 0 aliphatic rings. The number of aromatic nitrogens is 2. The van der Waals surface area contributed by atoms with E-state index in [1.165, 1.54) is 6.20 Å². The average Bonchev–Trinajstić information content (AvgIpc) is 2.35. The lowest BCUT2D eigenvalue weighted by molar-refractivity contribution is 0.288. The van der Waals surface area contributed by atoms with Crippen LogP contribution in [0.5, 0.6) is 0 Å². The van der Waals surface area contributed by atoms with Gasteiger partial charge in [-0.3, -0.25) is 0 Å². The van der Waals surface area contributed by atoms with Crippen LogP contribution in [0.25, 0.3) is 0 Å². The molecule has 1 atom stereocenters. The molecule has 1 heterocycles. The second kappa shape index (κ2) is 7.10. The van der Waals surface area contributed by atoms with Gasteiger partial charge in [0.2, 0.25) is 5.95 Å². The van der Waals surface area contributed by atoms with Crippen molar-refractivity contribution in [3.63, 3.8) is 0 Å². The van der Waals surface area contributed by atoms with Gasteiger partial charge in [-0.15, -0.1) is 0 Å². The number of anilines is 2. The molecule has 0 bridgehead atoms. The molecule has 0 radical (unpaired) electrons. The zero-order valence-electron chi connectivity index (χ0n) is 11.5. The Kier molecular flexibility index (Phi) is 5.77. The number of rotatable bonds is 7. The molecule has 5 nitrogen and oxygen atoms in total. The number of nitrogens with zero attached hydrogens (tertiary/aromatic N) is 3. The molecule has 1 rings (SSSR count). The zero-order valence-corrected chi connectivity index (χ0v) is 11.5. The van der Waals surface area contributed by atoms with Crippen molar-refractivity contribution >= 4 is 11.8 Å². The molecule has 0 aliphatic carbocycles. The van der Waals surface area contributed by atoms with Gasteiger partial charge in [-0.25, -0.2) is 9.37 Å². The summed E-state index contributed by atoms with van der Waals surface area (Å²) < 4.78 is 13.2. The molecule has 102 valence electrons. The summed E-state index contributed by atoms with van der Waals surface area (Å²) in [6.45, 7) is 2.90. The van der Waals surface area contributed by atoms with Gasteiger partial charge in [0.25, 0.3) is 0 Å². The minimum Gasteiger partial charge on any atom is -0.371 e. The van der Waals surface area contributed by atoms with Crippen LogP contribution in [-0.4, -0.2) is 48.6 Å². The van der Waals surface area contributed by atoms with Crippen molar-refractivity contribution in [2.24, 2.45) is 0 Å². The van der Waals surface area contributed by atoms with Gasteiger partial charge in [-0.1, -0.05) is 13.3 Å². The van der Waals surface area contributed by atoms with Crippen molar-refractivity contribution in [2.75, 3.05) is 38.3 Å². The molecule has 0 aromatic carbocycles. The van der Waals surface area contributed by atoms with E-state index in [9.17, 15) is 4.39 Å². The largest absolute Gasteiger partial charge is 0.371 e. The van der Waals surface area contributed by atoms with E-state index in [0.717, 1.165) is 19.4 Å². The van der Waals surface area contributed by atoms with Gasteiger partial charge < -0.3 is 15.5 Å². The molecule has 2 N–H and O–H groups in total. The van der Waals surface area contributed by atoms with Crippen LogP contribution in [-0.2, 0) is 0 Å². The van der Waals surface area contributed by atoms with E-state index in [1.54, 1.807) is 7.05 Å². The first-order chi connectivity index (χ1) is 8.58. The van der Waals surface area contributed by atoms with Crippen molar-refractivity contribution in [1.29, 1.82) is 0 Å². The van der Waals surface area contributed by atoms with E-state index < -0.39 is 5.82 Å². The maximum absolute atomic E-state index is 13.2. The lowest BCUT2D eigenvalue weighted by atomic mass is 10.1. The molecule has 0 fully saturated rings. The number of likely N-dealkylation sites (N-methyl/N-ethyl adjacent to an activating group) is 1. The van der Waals surface area contributed by atoms with Crippen LogP contribution in [0.1, 0.15) is 19.8 Å². The average molecular weight is 255 g/mol. The zero-order chi connectivity index (χ0) is 13.5. The number of halogens is 1. The minimum absolute atomic E-state index is 0.212. The molecule has 1 aromatic heterocycles. The molecule has 1 aromatic rings. The number of hydrogen-bond donors (Lipinski definition) is 2. The molecule has 0 unspecified atom stereocenters. The number of hydrogen-bond acceptors (Lipinski definition) is 5. The fraction of sp³-hybridized carbons (Fsp3) is 0.667. The first-order valence-corrected chi connectivity index (χ1v) is 6.19. The van der Waals surface area contributed by atoms with Crippen LogP contribution >= 0.6 is 0 Å². The van der Waals surface area contributed by atoms with Gasteiger partial charge in [0.05, 0.1) is 6.20 Å². The quantitative estimate of drug-likeness (QED) is 0.778. The van der Waals surface area contributed by atoms with Gasteiger partial charge in [0.1, 0.15) is 0 Å². The van der Waals surface area contributed by atoms with E-state index in [2.05, 4.69) is 32.4 Å². The highest BCUT2D eigenvalue weighted by Crippen LogP contribution is 2.11. The van der Waals surface area contributed by atoms with Crippen LogP contribution in [0.15, 0.2) is 6.20 Å². The topological polar surface area (TPSA) is 53.1 Å². The normalized spacial score (nSPS) is 12.6. The first kappa shape index (κ1) is 14.6. The predicted molar refractivity (Wildman–Crippen MR) is 72.4 cm³/mol. The van der Waals surface area contributed by atoms with Gasteiger partial charge >= 0.3 is 0 Å². The first-order valence-electron chi connectivity index (χ1n) is 6.19. The van der Waals surface area contributed by atoms with E-state index in [0.29, 0.717) is 12.0 Å². The summed E-state index contributed by atoms with van der Waals surface area (Å²) in [7, 11) is 5.73. The van der Waals surface area contributed by atoms with Gasteiger partial charge in [0.15, 0.2) is 11.6 Å². The maximum atomic E-state index is 13.2. The molecule has 18 heavy (non-hydrogen) atoms. The molecule has 0 aliphatic heterocycles. The Hall–Kier alpha value is -1.43. The van der Waals surface area contributed by atoms with Crippen molar-refractivity contribution in [3.8, 4) is 0 Å². The molecule has 0 spiro atoms. The van der Waals surface area contributed by atoms with Crippen molar-refractivity contribution in [1.82, 2.24) is 14.9 Å². The second-order valence-electron chi connectivity index (χ2n) is 4.43. The Morgan fingerprint density at radius 2 is 2.17 bits per heavy atom. The van der Waals surface area contributed by atoms with E-state index in [1.807, 2.05) is 14.1 Å². The molecular formula is C12H22FN5. The lowest BCUT2D eigenvalue weighted by Crippen LogP contribution is -2.34. The summed E-state index contributed by atoms with van der Waals surface area (Å²) in [6.07, 6.45) is 3.39. The summed E-state index contributed by atoms with van der Waals surface area (Å²) in [5.74, 6) is 0.217. The van der Waals surface area contributed by atoms with Gasteiger partial charge in [-0.2, -0.15) is 4.98 Å². The van der Waals surface area contributed by atoms with Crippen LogP contribution in [0.2, 0.25) is 0 Å². The molecule has 6 heteroatoms. The van der Waals surface area contributed by atoms with E-state index in [4.69, 9.17) is 0 Å². The maximum Gasteiger partial charge on any atom is 0.224 e. The number of nitrogens with one attached hydrogen (secondary N) is 2. The highest BCUT2D eigenvalue weighted by atomic mass is 19.1. The standard InChI is InChI=1S/C12H22FN5/c1-5-6-9(18(3)4)7-15-12-16-8-10(13)11(14-2)17-12/h8-9H,5-7H2,1-4H3,(H2,14,15,16,17)/t9-/m1/s1. The molecule has 0 amide bonds. The Morgan fingerprint density at radius 1 is 1.44 bits per heavy atom. The Morgan fingerprint density at radius 3 is 2.72 bits per heavy atom. The summed E-state index contributed by atoms with van der Waals surface area (Å²) >= 11 is 0.